The number of benzene rings is 1. The third kappa shape index (κ3) is 2.37. The summed E-state index contributed by atoms with van der Waals surface area (Å²) in [5.74, 6) is 0. The van der Waals surface area contributed by atoms with Crippen molar-refractivity contribution in [1.29, 1.82) is 0 Å². The summed E-state index contributed by atoms with van der Waals surface area (Å²) in [6.45, 7) is 3.05. The SMILES string of the molecule is CCNc1nnc(Cn2nnc3ccccc3c2=O)s1. The van der Waals surface area contributed by atoms with E-state index in [1.807, 2.05) is 19.1 Å². The number of fused-ring (bicyclic) bond motifs is 1. The summed E-state index contributed by atoms with van der Waals surface area (Å²) in [6.07, 6.45) is 0. The topological polar surface area (TPSA) is 85.6 Å². The molecule has 3 aromatic rings. The first kappa shape index (κ1) is 12.7. The molecule has 0 aliphatic rings. The standard InChI is InChI=1S/C12H12N6OS/c1-2-13-12-16-15-10(20-12)7-18-11(19)8-5-3-4-6-9(8)14-17-18/h3-6H,2,7H2,1H3,(H,13,16). The average molecular weight is 288 g/mol. The van der Waals surface area contributed by atoms with Crippen LogP contribution < -0.4 is 10.9 Å². The van der Waals surface area contributed by atoms with Crippen LogP contribution in [0.3, 0.4) is 0 Å². The molecule has 8 heteroatoms. The molecule has 7 nitrogen and oxygen atoms in total. The first-order valence-electron chi connectivity index (χ1n) is 6.16. The van der Waals surface area contributed by atoms with Crippen LogP contribution in [0.25, 0.3) is 10.9 Å². The summed E-state index contributed by atoms with van der Waals surface area (Å²) >= 11 is 1.41. The third-order valence-electron chi connectivity index (χ3n) is 2.71. The van der Waals surface area contributed by atoms with Crippen LogP contribution in [-0.2, 0) is 6.54 Å². The molecule has 0 amide bonds. The van der Waals surface area contributed by atoms with Crippen LogP contribution >= 0.6 is 11.3 Å². The quantitative estimate of drug-likeness (QED) is 0.774. The Morgan fingerprint density at radius 3 is 2.95 bits per heavy atom. The van der Waals surface area contributed by atoms with Crippen molar-refractivity contribution in [1.82, 2.24) is 25.2 Å². The minimum Gasteiger partial charge on any atom is -0.360 e. The number of rotatable bonds is 4. The zero-order valence-corrected chi connectivity index (χ0v) is 11.6. The number of nitrogens with one attached hydrogen (secondary N) is 1. The van der Waals surface area contributed by atoms with Gasteiger partial charge in [-0.2, -0.15) is 0 Å². The molecule has 0 spiro atoms. The number of nitrogens with zero attached hydrogens (tertiary/aromatic N) is 5. The molecule has 0 bridgehead atoms. The largest absolute Gasteiger partial charge is 0.360 e. The molecule has 3 rings (SSSR count). The summed E-state index contributed by atoms with van der Waals surface area (Å²) in [5, 5.41) is 21.1. The number of aromatic nitrogens is 5. The fourth-order valence-electron chi connectivity index (χ4n) is 1.80. The molecule has 102 valence electrons. The summed E-state index contributed by atoms with van der Waals surface area (Å²) < 4.78 is 1.30. The zero-order valence-electron chi connectivity index (χ0n) is 10.8. The van der Waals surface area contributed by atoms with Gasteiger partial charge in [-0.3, -0.25) is 4.79 Å². The molecule has 2 heterocycles. The number of hydrogen-bond donors (Lipinski definition) is 1. The summed E-state index contributed by atoms with van der Waals surface area (Å²) in [6, 6.07) is 7.15. The molecule has 0 saturated heterocycles. The molecule has 0 aliphatic carbocycles. The molecule has 1 aromatic carbocycles. The minimum atomic E-state index is -0.171. The Kier molecular flexibility index (Phi) is 3.38. The van der Waals surface area contributed by atoms with Crippen molar-refractivity contribution in [3.8, 4) is 0 Å². The Bertz CT molecular complexity index is 796. The Balaban J connectivity index is 1.94. The highest BCUT2D eigenvalue weighted by Crippen LogP contribution is 2.15. The minimum absolute atomic E-state index is 0.171. The lowest BCUT2D eigenvalue weighted by Crippen LogP contribution is -2.24. The smallest absolute Gasteiger partial charge is 0.278 e. The van der Waals surface area contributed by atoms with Gasteiger partial charge in [-0.15, -0.1) is 15.3 Å². The summed E-state index contributed by atoms with van der Waals surface area (Å²) in [5.41, 5.74) is 0.426. The van der Waals surface area contributed by atoms with Crippen molar-refractivity contribution in [2.24, 2.45) is 0 Å². The molecule has 0 unspecified atom stereocenters. The third-order valence-corrected chi connectivity index (χ3v) is 3.57. The van der Waals surface area contributed by atoms with E-state index in [9.17, 15) is 4.79 Å². The van der Waals surface area contributed by atoms with Crippen molar-refractivity contribution in [2.75, 3.05) is 11.9 Å². The van der Waals surface area contributed by atoms with Crippen molar-refractivity contribution in [2.45, 2.75) is 13.5 Å². The van der Waals surface area contributed by atoms with E-state index in [1.54, 1.807) is 12.1 Å². The van der Waals surface area contributed by atoms with Gasteiger partial charge < -0.3 is 5.32 Å². The van der Waals surface area contributed by atoms with Gasteiger partial charge in [0, 0.05) is 6.54 Å². The molecule has 0 atom stereocenters. The molecule has 1 N–H and O–H groups in total. The average Bonchev–Trinajstić information content (AvgIpc) is 2.90. The molecule has 20 heavy (non-hydrogen) atoms. The molecule has 2 aromatic heterocycles. The van der Waals surface area contributed by atoms with E-state index in [0.717, 1.165) is 11.7 Å². The maximum absolute atomic E-state index is 12.3. The molecule has 0 radical (unpaired) electrons. The van der Waals surface area contributed by atoms with Crippen molar-refractivity contribution in [3.63, 3.8) is 0 Å². The van der Waals surface area contributed by atoms with E-state index < -0.39 is 0 Å². The highest BCUT2D eigenvalue weighted by molar-refractivity contribution is 7.15. The maximum Gasteiger partial charge on any atom is 0.278 e. The van der Waals surface area contributed by atoms with E-state index in [0.29, 0.717) is 15.9 Å². The van der Waals surface area contributed by atoms with Crippen molar-refractivity contribution >= 4 is 27.4 Å². The summed E-state index contributed by atoms with van der Waals surface area (Å²) in [7, 11) is 0. The Morgan fingerprint density at radius 1 is 1.25 bits per heavy atom. The predicted octanol–water partition coefficient (Wildman–Crippen LogP) is 1.12. The van der Waals surface area contributed by atoms with Gasteiger partial charge in [0.1, 0.15) is 17.1 Å². The van der Waals surface area contributed by atoms with Gasteiger partial charge in [-0.05, 0) is 19.1 Å². The van der Waals surface area contributed by atoms with Gasteiger partial charge in [0.15, 0.2) is 0 Å². The van der Waals surface area contributed by atoms with Crippen LogP contribution in [0.2, 0.25) is 0 Å². The van der Waals surface area contributed by atoms with E-state index in [4.69, 9.17) is 0 Å². The highest BCUT2D eigenvalue weighted by Gasteiger charge is 2.09. The monoisotopic (exact) mass is 288 g/mol. The second kappa shape index (κ2) is 5.33. The Morgan fingerprint density at radius 2 is 2.10 bits per heavy atom. The van der Waals surface area contributed by atoms with E-state index >= 15 is 0 Å². The fraction of sp³-hybridized carbons (Fsp3) is 0.250. The maximum atomic E-state index is 12.3. The molecule has 0 saturated carbocycles. The van der Waals surface area contributed by atoms with E-state index in [-0.39, 0.29) is 12.1 Å². The molecule has 0 fully saturated rings. The first-order chi connectivity index (χ1) is 9.78. The Labute approximate surface area is 118 Å². The number of anilines is 1. The lowest BCUT2D eigenvalue weighted by molar-refractivity contribution is 0.596. The van der Waals surface area contributed by atoms with E-state index in [2.05, 4.69) is 25.8 Å². The van der Waals surface area contributed by atoms with E-state index in [1.165, 1.54) is 16.0 Å². The highest BCUT2D eigenvalue weighted by atomic mass is 32.1. The van der Waals surface area contributed by atoms with Crippen molar-refractivity contribution in [3.05, 3.63) is 39.6 Å². The fourth-order valence-corrected chi connectivity index (χ4v) is 2.59. The van der Waals surface area contributed by atoms with Gasteiger partial charge in [-0.1, -0.05) is 28.7 Å². The predicted molar refractivity (Wildman–Crippen MR) is 77.0 cm³/mol. The number of hydrogen-bond acceptors (Lipinski definition) is 7. The van der Waals surface area contributed by atoms with Gasteiger partial charge in [0.05, 0.1) is 5.39 Å². The van der Waals surface area contributed by atoms with Crippen LogP contribution in [0.15, 0.2) is 29.1 Å². The van der Waals surface area contributed by atoms with Crippen molar-refractivity contribution < 1.29 is 0 Å². The second-order valence-corrected chi connectivity index (χ2v) is 5.16. The lowest BCUT2D eigenvalue weighted by Gasteiger charge is -2.01. The Hall–Kier alpha value is -2.35. The molecular formula is C12H12N6OS. The van der Waals surface area contributed by atoms with Gasteiger partial charge in [0.2, 0.25) is 5.13 Å². The van der Waals surface area contributed by atoms with Crippen LogP contribution in [0.1, 0.15) is 11.9 Å². The zero-order chi connectivity index (χ0) is 13.9. The van der Waals surface area contributed by atoms with Gasteiger partial charge in [0.25, 0.3) is 5.56 Å². The van der Waals surface area contributed by atoms with Crippen LogP contribution in [-0.4, -0.2) is 31.7 Å². The lowest BCUT2D eigenvalue weighted by atomic mass is 10.2. The summed E-state index contributed by atoms with van der Waals surface area (Å²) in [4.78, 5) is 12.3. The normalized spacial score (nSPS) is 10.8. The van der Waals surface area contributed by atoms with Gasteiger partial charge >= 0.3 is 0 Å². The molecular weight excluding hydrogens is 276 g/mol. The van der Waals surface area contributed by atoms with Crippen LogP contribution in [0.4, 0.5) is 5.13 Å². The van der Waals surface area contributed by atoms with Gasteiger partial charge in [-0.25, -0.2) is 4.68 Å². The van der Waals surface area contributed by atoms with Crippen LogP contribution in [0, 0.1) is 0 Å². The second-order valence-electron chi connectivity index (χ2n) is 4.10. The molecule has 0 aliphatic heterocycles. The first-order valence-corrected chi connectivity index (χ1v) is 6.98. The van der Waals surface area contributed by atoms with Crippen LogP contribution in [0.5, 0.6) is 0 Å².